The number of aliphatic hydroxyl groups excluding tert-OH is 1. The Morgan fingerprint density at radius 1 is 0.810 bits per heavy atom. The van der Waals surface area contributed by atoms with E-state index in [4.69, 9.17) is 0 Å². The van der Waals surface area contributed by atoms with E-state index in [1.54, 1.807) is 6.20 Å². The van der Waals surface area contributed by atoms with Crippen LogP contribution < -0.4 is 0 Å². The molecule has 2 heteroatoms. The highest BCUT2D eigenvalue weighted by atomic mass is 16.3. The Bertz CT molecular complexity index is 720. The van der Waals surface area contributed by atoms with Crippen molar-refractivity contribution in [3.63, 3.8) is 0 Å². The molecule has 0 fully saturated rings. The Morgan fingerprint density at radius 2 is 1.48 bits per heavy atom. The van der Waals surface area contributed by atoms with E-state index in [2.05, 4.69) is 17.1 Å². The summed E-state index contributed by atoms with van der Waals surface area (Å²) in [6.07, 6.45) is 1.11. The summed E-state index contributed by atoms with van der Waals surface area (Å²) in [7, 11) is 0. The second-order valence-corrected chi connectivity index (χ2v) is 5.12. The molecule has 1 heterocycles. The van der Waals surface area contributed by atoms with Crippen LogP contribution in [-0.2, 0) is 0 Å². The van der Waals surface area contributed by atoms with E-state index < -0.39 is 6.10 Å². The Labute approximate surface area is 124 Å². The van der Waals surface area contributed by atoms with E-state index in [1.807, 2.05) is 61.5 Å². The van der Waals surface area contributed by atoms with Crippen LogP contribution >= 0.6 is 0 Å². The van der Waals surface area contributed by atoms with Gasteiger partial charge in [-0.05, 0) is 41.3 Å². The quantitative estimate of drug-likeness (QED) is 0.779. The molecule has 2 nitrogen and oxygen atoms in total. The molecule has 0 saturated carbocycles. The zero-order valence-electron chi connectivity index (χ0n) is 11.9. The van der Waals surface area contributed by atoms with E-state index >= 15 is 0 Å². The maximum Gasteiger partial charge on any atom is 0.104 e. The van der Waals surface area contributed by atoms with Crippen molar-refractivity contribution in [2.75, 3.05) is 0 Å². The largest absolute Gasteiger partial charge is 0.384 e. The fraction of sp³-hybridized carbons (Fsp3) is 0.105. The topological polar surface area (TPSA) is 33.1 Å². The van der Waals surface area contributed by atoms with Crippen LogP contribution in [-0.4, -0.2) is 10.1 Å². The minimum absolute atomic E-state index is 0.614. The first-order chi connectivity index (χ1) is 10.2. The summed E-state index contributed by atoms with van der Waals surface area (Å²) >= 11 is 0. The molecule has 0 saturated heterocycles. The predicted octanol–water partition coefficient (Wildman–Crippen LogP) is 4.14. The zero-order chi connectivity index (χ0) is 14.7. The van der Waals surface area contributed by atoms with Gasteiger partial charge in [0.25, 0.3) is 0 Å². The van der Waals surface area contributed by atoms with Gasteiger partial charge in [0.2, 0.25) is 0 Å². The molecule has 104 valence electrons. The van der Waals surface area contributed by atoms with Gasteiger partial charge in [0.15, 0.2) is 0 Å². The lowest BCUT2D eigenvalue weighted by Gasteiger charge is -2.12. The molecule has 1 atom stereocenters. The first kappa shape index (κ1) is 13.5. The number of hydrogen-bond donors (Lipinski definition) is 1. The molecule has 0 spiro atoms. The highest BCUT2D eigenvalue weighted by molar-refractivity contribution is 5.63. The van der Waals surface area contributed by atoms with Gasteiger partial charge in [-0.3, -0.25) is 4.98 Å². The van der Waals surface area contributed by atoms with E-state index in [1.165, 1.54) is 5.56 Å². The fourth-order valence-electron chi connectivity index (χ4n) is 2.42. The minimum atomic E-state index is -0.614. The van der Waals surface area contributed by atoms with E-state index in [0.717, 1.165) is 22.4 Å². The average molecular weight is 275 g/mol. The third-order valence-electron chi connectivity index (χ3n) is 3.57. The molecule has 3 aromatic rings. The van der Waals surface area contributed by atoms with Crippen molar-refractivity contribution in [3.8, 4) is 11.1 Å². The average Bonchev–Trinajstić information content (AvgIpc) is 2.55. The molecule has 0 amide bonds. The Morgan fingerprint density at radius 3 is 2.14 bits per heavy atom. The van der Waals surface area contributed by atoms with Gasteiger partial charge in [0.05, 0.1) is 0 Å². The number of aryl methyl sites for hydroxylation is 1. The summed E-state index contributed by atoms with van der Waals surface area (Å²) in [5.41, 5.74) is 5.00. The van der Waals surface area contributed by atoms with Crippen molar-refractivity contribution in [2.45, 2.75) is 13.0 Å². The van der Waals surface area contributed by atoms with Crippen molar-refractivity contribution in [3.05, 3.63) is 89.7 Å². The van der Waals surface area contributed by atoms with Gasteiger partial charge in [-0.2, -0.15) is 0 Å². The second kappa shape index (κ2) is 5.90. The van der Waals surface area contributed by atoms with Crippen LogP contribution in [0, 0.1) is 6.92 Å². The molecule has 21 heavy (non-hydrogen) atoms. The summed E-state index contributed by atoms with van der Waals surface area (Å²) in [6, 6.07) is 22.0. The number of hydrogen-bond acceptors (Lipinski definition) is 2. The molecular formula is C19H17NO. The number of nitrogens with zero attached hydrogens (tertiary/aromatic N) is 1. The van der Waals surface area contributed by atoms with Crippen molar-refractivity contribution in [1.82, 2.24) is 4.98 Å². The Kier molecular flexibility index (Phi) is 3.80. The molecule has 0 aliphatic rings. The summed E-state index contributed by atoms with van der Waals surface area (Å²) in [5.74, 6) is 0. The van der Waals surface area contributed by atoms with E-state index in [9.17, 15) is 5.11 Å². The molecule has 1 aromatic heterocycles. The predicted molar refractivity (Wildman–Crippen MR) is 84.9 cm³/mol. The molecule has 0 aliphatic heterocycles. The zero-order valence-corrected chi connectivity index (χ0v) is 11.9. The van der Waals surface area contributed by atoms with Crippen LogP contribution in [0.2, 0.25) is 0 Å². The third kappa shape index (κ3) is 3.01. The molecule has 0 radical (unpaired) electrons. The molecule has 1 unspecified atom stereocenters. The summed E-state index contributed by atoms with van der Waals surface area (Å²) in [5, 5.41) is 10.4. The normalized spacial score (nSPS) is 12.1. The van der Waals surface area contributed by atoms with Crippen LogP contribution in [0.4, 0.5) is 0 Å². The second-order valence-electron chi connectivity index (χ2n) is 5.12. The van der Waals surface area contributed by atoms with Gasteiger partial charge in [-0.1, -0.05) is 54.6 Å². The molecule has 2 aromatic carbocycles. The van der Waals surface area contributed by atoms with Gasteiger partial charge >= 0.3 is 0 Å². The van der Waals surface area contributed by atoms with Gasteiger partial charge in [0, 0.05) is 11.9 Å². The fourth-order valence-corrected chi connectivity index (χ4v) is 2.42. The van der Waals surface area contributed by atoms with Crippen LogP contribution in [0.1, 0.15) is 22.9 Å². The van der Waals surface area contributed by atoms with Gasteiger partial charge in [-0.15, -0.1) is 0 Å². The Hall–Kier alpha value is -2.45. The minimum Gasteiger partial charge on any atom is -0.384 e. The van der Waals surface area contributed by atoms with E-state index in [-0.39, 0.29) is 0 Å². The molecule has 1 N–H and O–H groups in total. The van der Waals surface area contributed by atoms with Crippen LogP contribution in [0.3, 0.4) is 0 Å². The van der Waals surface area contributed by atoms with Crippen LogP contribution in [0.25, 0.3) is 11.1 Å². The lowest BCUT2D eigenvalue weighted by Crippen LogP contribution is -2.00. The number of aliphatic hydroxyl groups is 1. The first-order valence-corrected chi connectivity index (χ1v) is 7.00. The third-order valence-corrected chi connectivity index (χ3v) is 3.57. The van der Waals surface area contributed by atoms with Crippen molar-refractivity contribution in [2.24, 2.45) is 0 Å². The highest BCUT2D eigenvalue weighted by Gasteiger charge is 2.10. The summed E-state index contributed by atoms with van der Waals surface area (Å²) in [4.78, 5) is 4.16. The smallest absolute Gasteiger partial charge is 0.104 e. The number of benzene rings is 2. The van der Waals surface area contributed by atoms with Gasteiger partial charge in [0.1, 0.15) is 6.10 Å². The summed E-state index contributed by atoms with van der Waals surface area (Å²) < 4.78 is 0. The lowest BCUT2D eigenvalue weighted by molar-refractivity contribution is 0.220. The van der Waals surface area contributed by atoms with Crippen LogP contribution in [0.5, 0.6) is 0 Å². The molecule has 0 aliphatic carbocycles. The molecule has 3 rings (SSSR count). The van der Waals surface area contributed by atoms with Gasteiger partial charge < -0.3 is 5.11 Å². The standard InChI is InChI=1S/C19H17NO/c1-14-13-18(11-12-20-14)19(21)17-9-7-16(8-10-17)15-5-3-2-4-6-15/h2-13,19,21H,1H3. The van der Waals surface area contributed by atoms with Crippen molar-refractivity contribution < 1.29 is 5.11 Å². The first-order valence-electron chi connectivity index (χ1n) is 7.00. The lowest BCUT2D eigenvalue weighted by atomic mass is 9.98. The highest BCUT2D eigenvalue weighted by Crippen LogP contribution is 2.25. The number of aromatic nitrogens is 1. The van der Waals surface area contributed by atoms with Crippen molar-refractivity contribution >= 4 is 0 Å². The Balaban J connectivity index is 1.87. The van der Waals surface area contributed by atoms with Crippen LogP contribution in [0.15, 0.2) is 72.9 Å². The maximum absolute atomic E-state index is 10.4. The summed E-state index contributed by atoms with van der Waals surface area (Å²) in [6.45, 7) is 1.93. The maximum atomic E-state index is 10.4. The van der Waals surface area contributed by atoms with Crippen molar-refractivity contribution in [1.29, 1.82) is 0 Å². The number of rotatable bonds is 3. The van der Waals surface area contributed by atoms with Gasteiger partial charge in [-0.25, -0.2) is 0 Å². The molecular weight excluding hydrogens is 258 g/mol. The monoisotopic (exact) mass is 275 g/mol. The molecule has 0 bridgehead atoms. The number of pyridine rings is 1. The van der Waals surface area contributed by atoms with E-state index in [0.29, 0.717) is 0 Å². The SMILES string of the molecule is Cc1cc(C(O)c2ccc(-c3ccccc3)cc2)ccn1.